The average Bonchev–Trinajstić information content (AvgIpc) is 2.68. The molecule has 1 amide bonds. The van der Waals surface area contributed by atoms with Crippen LogP contribution in [-0.2, 0) is 19.6 Å². The summed E-state index contributed by atoms with van der Waals surface area (Å²) < 4.78 is 40.8. The zero-order chi connectivity index (χ0) is 20.5. The van der Waals surface area contributed by atoms with Gasteiger partial charge in [0.25, 0.3) is 0 Å². The zero-order valence-corrected chi connectivity index (χ0v) is 17.0. The lowest BCUT2D eigenvalue weighted by Gasteiger charge is -2.44. The molecule has 2 aliphatic heterocycles. The SMILES string of the molecule is CC(=O)Nc1ccc(S(=O)(=O)NC2CC3(CCOCC3)Oc3ccccc32)cc1. The van der Waals surface area contributed by atoms with Gasteiger partial charge in [0.2, 0.25) is 15.9 Å². The van der Waals surface area contributed by atoms with Crippen LogP contribution in [0.3, 0.4) is 0 Å². The van der Waals surface area contributed by atoms with Gasteiger partial charge < -0.3 is 14.8 Å². The Morgan fingerprint density at radius 2 is 1.76 bits per heavy atom. The van der Waals surface area contributed by atoms with Crippen molar-refractivity contribution in [2.45, 2.75) is 42.7 Å². The summed E-state index contributed by atoms with van der Waals surface area (Å²) >= 11 is 0. The minimum atomic E-state index is -3.75. The van der Waals surface area contributed by atoms with E-state index in [1.165, 1.54) is 19.1 Å². The van der Waals surface area contributed by atoms with Crippen LogP contribution < -0.4 is 14.8 Å². The van der Waals surface area contributed by atoms with Gasteiger partial charge in [-0.25, -0.2) is 13.1 Å². The van der Waals surface area contributed by atoms with Crippen molar-refractivity contribution in [3.63, 3.8) is 0 Å². The van der Waals surface area contributed by atoms with Gasteiger partial charge in [0.15, 0.2) is 0 Å². The number of hydrogen-bond donors (Lipinski definition) is 2. The molecule has 0 radical (unpaired) electrons. The minimum Gasteiger partial charge on any atom is -0.487 e. The highest BCUT2D eigenvalue weighted by atomic mass is 32.2. The molecule has 1 spiro atoms. The van der Waals surface area contributed by atoms with Gasteiger partial charge in [-0.05, 0) is 30.3 Å². The van der Waals surface area contributed by atoms with E-state index in [0.29, 0.717) is 31.1 Å². The van der Waals surface area contributed by atoms with E-state index in [2.05, 4.69) is 10.0 Å². The maximum absolute atomic E-state index is 13.1. The first-order valence-corrected chi connectivity index (χ1v) is 11.1. The molecule has 29 heavy (non-hydrogen) atoms. The second kappa shape index (κ2) is 7.78. The molecule has 1 saturated heterocycles. The van der Waals surface area contributed by atoms with E-state index >= 15 is 0 Å². The van der Waals surface area contributed by atoms with Crippen molar-refractivity contribution in [3.8, 4) is 5.75 Å². The fourth-order valence-electron chi connectivity index (χ4n) is 3.95. The lowest BCUT2D eigenvalue weighted by Crippen LogP contribution is -2.48. The molecule has 0 aliphatic carbocycles. The number of rotatable bonds is 4. The Kier molecular flexibility index (Phi) is 5.33. The molecule has 1 fully saturated rings. The fraction of sp³-hybridized carbons (Fsp3) is 0.381. The Morgan fingerprint density at radius 1 is 1.07 bits per heavy atom. The molecule has 0 aromatic heterocycles. The van der Waals surface area contributed by atoms with E-state index in [1.54, 1.807) is 12.1 Å². The predicted octanol–water partition coefficient (Wildman–Crippen LogP) is 3.00. The number of amides is 1. The van der Waals surface area contributed by atoms with Gasteiger partial charge in [0, 0.05) is 37.4 Å². The van der Waals surface area contributed by atoms with Gasteiger partial charge in [-0.3, -0.25) is 4.79 Å². The highest BCUT2D eigenvalue weighted by molar-refractivity contribution is 7.89. The molecule has 2 aliphatic rings. The van der Waals surface area contributed by atoms with E-state index in [9.17, 15) is 13.2 Å². The molecule has 4 rings (SSSR count). The Morgan fingerprint density at radius 3 is 2.45 bits per heavy atom. The molecule has 1 atom stereocenters. The summed E-state index contributed by atoms with van der Waals surface area (Å²) in [6, 6.07) is 13.3. The third-order valence-electron chi connectivity index (χ3n) is 5.38. The van der Waals surface area contributed by atoms with Crippen molar-refractivity contribution in [3.05, 3.63) is 54.1 Å². The molecule has 1 unspecified atom stereocenters. The van der Waals surface area contributed by atoms with Crippen LogP contribution in [0.2, 0.25) is 0 Å². The van der Waals surface area contributed by atoms with Crippen molar-refractivity contribution in [2.24, 2.45) is 0 Å². The van der Waals surface area contributed by atoms with Crippen LogP contribution in [0.5, 0.6) is 5.75 Å². The summed E-state index contributed by atoms with van der Waals surface area (Å²) in [6.07, 6.45) is 2.01. The van der Waals surface area contributed by atoms with Gasteiger partial charge in [0.1, 0.15) is 11.4 Å². The maximum atomic E-state index is 13.1. The highest BCUT2D eigenvalue weighted by Crippen LogP contribution is 2.44. The van der Waals surface area contributed by atoms with Gasteiger partial charge in [-0.1, -0.05) is 18.2 Å². The first kappa shape index (κ1) is 19.9. The largest absolute Gasteiger partial charge is 0.487 e. The summed E-state index contributed by atoms with van der Waals surface area (Å²) in [4.78, 5) is 11.3. The van der Waals surface area contributed by atoms with Crippen LogP contribution >= 0.6 is 0 Å². The third-order valence-corrected chi connectivity index (χ3v) is 6.87. The number of carbonyl (C=O) groups excluding carboxylic acids is 1. The van der Waals surface area contributed by atoms with E-state index in [0.717, 1.165) is 18.4 Å². The number of benzene rings is 2. The molecule has 7 nitrogen and oxygen atoms in total. The molecule has 0 bridgehead atoms. The zero-order valence-electron chi connectivity index (χ0n) is 16.2. The Hall–Kier alpha value is -2.42. The van der Waals surface area contributed by atoms with Crippen molar-refractivity contribution in [2.75, 3.05) is 18.5 Å². The van der Waals surface area contributed by atoms with Crippen molar-refractivity contribution in [1.82, 2.24) is 4.72 Å². The van der Waals surface area contributed by atoms with Gasteiger partial charge in [-0.15, -0.1) is 0 Å². The first-order chi connectivity index (χ1) is 13.9. The Bertz CT molecular complexity index is 998. The van der Waals surface area contributed by atoms with Crippen molar-refractivity contribution >= 4 is 21.6 Å². The van der Waals surface area contributed by atoms with Crippen LogP contribution in [0.25, 0.3) is 0 Å². The van der Waals surface area contributed by atoms with Gasteiger partial charge >= 0.3 is 0 Å². The quantitative estimate of drug-likeness (QED) is 0.799. The standard InChI is InChI=1S/C21H24N2O5S/c1-15(24)22-16-6-8-17(9-7-16)29(25,26)23-19-14-21(10-12-27-13-11-21)28-20-5-3-2-4-18(19)20/h2-9,19,23H,10-14H2,1H3,(H,22,24). The lowest BCUT2D eigenvalue weighted by atomic mass is 9.82. The summed E-state index contributed by atoms with van der Waals surface area (Å²) in [5, 5.41) is 2.63. The molecule has 2 heterocycles. The fourth-order valence-corrected chi connectivity index (χ4v) is 5.16. The lowest BCUT2D eigenvalue weighted by molar-refractivity contribution is -0.114. The van der Waals surface area contributed by atoms with Crippen LogP contribution in [-0.4, -0.2) is 33.1 Å². The van der Waals surface area contributed by atoms with Crippen LogP contribution in [0.4, 0.5) is 5.69 Å². The maximum Gasteiger partial charge on any atom is 0.241 e. The Balaban J connectivity index is 1.60. The molecule has 154 valence electrons. The number of ether oxygens (including phenoxy) is 2. The molecular formula is C21H24N2O5S. The van der Waals surface area contributed by atoms with E-state index in [4.69, 9.17) is 9.47 Å². The first-order valence-electron chi connectivity index (χ1n) is 9.63. The summed E-state index contributed by atoms with van der Waals surface area (Å²) in [5.74, 6) is 0.508. The summed E-state index contributed by atoms with van der Waals surface area (Å²) in [5.41, 5.74) is 0.965. The number of carbonyl (C=O) groups is 1. The van der Waals surface area contributed by atoms with Crippen LogP contribution in [0.1, 0.15) is 37.8 Å². The van der Waals surface area contributed by atoms with E-state index in [1.807, 2.05) is 24.3 Å². The number of nitrogens with one attached hydrogen (secondary N) is 2. The third kappa shape index (κ3) is 4.29. The number of anilines is 1. The molecule has 2 aromatic carbocycles. The molecule has 2 aromatic rings. The van der Waals surface area contributed by atoms with Gasteiger partial charge in [0.05, 0.1) is 24.2 Å². The smallest absolute Gasteiger partial charge is 0.241 e. The predicted molar refractivity (Wildman–Crippen MR) is 108 cm³/mol. The van der Waals surface area contributed by atoms with Crippen LogP contribution in [0.15, 0.2) is 53.4 Å². The summed E-state index contributed by atoms with van der Waals surface area (Å²) in [6.45, 7) is 2.61. The normalized spacial score (nSPS) is 20.5. The molecule has 0 saturated carbocycles. The van der Waals surface area contributed by atoms with Crippen molar-refractivity contribution in [1.29, 1.82) is 0 Å². The number of para-hydroxylation sites is 1. The molecule has 8 heteroatoms. The summed E-state index contributed by atoms with van der Waals surface area (Å²) in [7, 11) is -3.75. The van der Waals surface area contributed by atoms with Gasteiger partial charge in [-0.2, -0.15) is 0 Å². The monoisotopic (exact) mass is 416 g/mol. The topological polar surface area (TPSA) is 93.7 Å². The number of hydrogen-bond acceptors (Lipinski definition) is 5. The second-order valence-corrected chi connectivity index (χ2v) is 9.23. The minimum absolute atomic E-state index is 0.150. The van der Waals surface area contributed by atoms with Crippen molar-refractivity contribution < 1.29 is 22.7 Å². The molecular weight excluding hydrogens is 392 g/mol. The van der Waals surface area contributed by atoms with E-state index < -0.39 is 21.7 Å². The average molecular weight is 416 g/mol. The van der Waals surface area contributed by atoms with E-state index in [-0.39, 0.29) is 10.8 Å². The number of fused-ring (bicyclic) bond motifs is 1. The second-order valence-electron chi connectivity index (χ2n) is 7.52. The number of sulfonamides is 1. The Labute approximate surface area is 170 Å². The highest BCUT2D eigenvalue weighted by Gasteiger charge is 2.43. The van der Waals surface area contributed by atoms with Crippen LogP contribution in [0, 0.1) is 0 Å². The molecule has 2 N–H and O–H groups in total.